The highest BCUT2D eigenvalue weighted by atomic mass is 19.4. The van der Waals surface area contributed by atoms with E-state index in [1.54, 1.807) is 35.3 Å². The second kappa shape index (κ2) is 8.15. The van der Waals surface area contributed by atoms with Crippen LogP contribution in [0.5, 0.6) is 0 Å². The van der Waals surface area contributed by atoms with Gasteiger partial charge in [0.2, 0.25) is 5.91 Å². The van der Waals surface area contributed by atoms with Gasteiger partial charge in [0.1, 0.15) is 11.3 Å². The van der Waals surface area contributed by atoms with Gasteiger partial charge in [-0.1, -0.05) is 12.1 Å². The van der Waals surface area contributed by atoms with Gasteiger partial charge in [-0.05, 0) is 31.0 Å². The molecule has 0 spiro atoms. The fourth-order valence-electron chi connectivity index (χ4n) is 4.01. The number of benzene rings is 1. The standard InChI is InChI=1S/C23H22F3N7O/c1-12(13-4-3-5-15(6-13)31-22(34)16-7-18(16)23(24,25)26)30-19-10-28-21-20(32-19)17(9-27-21)14-8-29-33(2)11-14/h3-6,8-12,16,18H,7H2,1-2H3,(H,27,28)(H,30,32)(H,31,34)/t12-,16+,18+/m0/s1. The number of halogens is 3. The Morgan fingerprint density at radius 1 is 1.29 bits per heavy atom. The summed E-state index contributed by atoms with van der Waals surface area (Å²) in [5, 5.41) is 10.1. The average Bonchev–Trinajstić information content (AvgIpc) is 3.36. The van der Waals surface area contributed by atoms with Crippen molar-refractivity contribution < 1.29 is 18.0 Å². The number of hydrogen-bond acceptors (Lipinski definition) is 5. The number of rotatable bonds is 6. The molecule has 3 heterocycles. The number of nitrogens with zero attached hydrogens (tertiary/aromatic N) is 4. The molecule has 1 amide bonds. The molecule has 0 unspecified atom stereocenters. The lowest BCUT2D eigenvalue weighted by molar-refractivity contribution is -0.153. The van der Waals surface area contributed by atoms with E-state index in [0.29, 0.717) is 22.7 Å². The molecule has 5 rings (SSSR count). The van der Waals surface area contributed by atoms with Crippen molar-refractivity contribution >= 4 is 28.6 Å². The number of nitrogens with one attached hydrogen (secondary N) is 3. The van der Waals surface area contributed by atoms with Crippen LogP contribution in [0.3, 0.4) is 0 Å². The zero-order valence-electron chi connectivity index (χ0n) is 18.4. The third kappa shape index (κ3) is 4.33. The molecule has 11 heteroatoms. The van der Waals surface area contributed by atoms with Crippen molar-refractivity contribution in [2.75, 3.05) is 10.6 Å². The van der Waals surface area contributed by atoms with Gasteiger partial charge in [-0.2, -0.15) is 18.3 Å². The highest BCUT2D eigenvalue weighted by Crippen LogP contribution is 2.50. The van der Waals surface area contributed by atoms with Crippen molar-refractivity contribution in [2.24, 2.45) is 18.9 Å². The van der Waals surface area contributed by atoms with Gasteiger partial charge in [-0.15, -0.1) is 0 Å². The Kier molecular flexibility index (Phi) is 5.26. The molecule has 1 aliphatic carbocycles. The molecular weight excluding hydrogens is 447 g/mol. The van der Waals surface area contributed by atoms with Crippen LogP contribution in [0.2, 0.25) is 0 Å². The Hall–Kier alpha value is -3.89. The Morgan fingerprint density at radius 2 is 2.12 bits per heavy atom. The van der Waals surface area contributed by atoms with Crippen molar-refractivity contribution in [3.05, 3.63) is 54.6 Å². The molecule has 0 radical (unpaired) electrons. The summed E-state index contributed by atoms with van der Waals surface area (Å²) in [4.78, 5) is 24.4. The molecule has 3 aromatic heterocycles. The highest BCUT2D eigenvalue weighted by Gasteiger charge is 2.58. The van der Waals surface area contributed by atoms with Gasteiger partial charge in [0.25, 0.3) is 0 Å². The van der Waals surface area contributed by atoms with Crippen LogP contribution in [-0.2, 0) is 11.8 Å². The predicted octanol–water partition coefficient (Wildman–Crippen LogP) is 4.67. The average molecular weight is 469 g/mol. The number of aromatic nitrogens is 5. The van der Waals surface area contributed by atoms with Crippen molar-refractivity contribution in [1.82, 2.24) is 24.7 Å². The van der Waals surface area contributed by atoms with Gasteiger partial charge in [0.05, 0.1) is 30.3 Å². The van der Waals surface area contributed by atoms with Gasteiger partial charge in [-0.3, -0.25) is 9.48 Å². The van der Waals surface area contributed by atoms with Gasteiger partial charge < -0.3 is 15.6 Å². The van der Waals surface area contributed by atoms with E-state index in [2.05, 4.69) is 25.7 Å². The van der Waals surface area contributed by atoms with Crippen LogP contribution >= 0.6 is 0 Å². The quantitative estimate of drug-likeness (QED) is 0.381. The zero-order chi connectivity index (χ0) is 24.0. The van der Waals surface area contributed by atoms with Crippen LogP contribution in [0.1, 0.15) is 24.9 Å². The Labute approximate surface area is 192 Å². The molecule has 8 nitrogen and oxygen atoms in total. The first-order valence-corrected chi connectivity index (χ1v) is 10.8. The molecule has 3 atom stereocenters. The number of aryl methyl sites for hydroxylation is 1. The van der Waals surface area contributed by atoms with Crippen molar-refractivity contribution in [2.45, 2.75) is 25.6 Å². The third-order valence-electron chi connectivity index (χ3n) is 5.96. The van der Waals surface area contributed by atoms with Crippen LogP contribution < -0.4 is 10.6 Å². The number of H-pyrrole nitrogens is 1. The molecule has 176 valence electrons. The minimum Gasteiger partial charge on any atom is -0.362 e. The van der Waals surface area contributed by atoms with E-state index in [1.165, 1.54) is 0 Å². The number of alkyl halides is 3. The molecule has 0 saturated heterocycles. The number of carbonyl (C=O) groups excluding carboxylic acids is 1. The molecule has 0 bridgehead atoms. The molecule has 34 heavy (non-hydrogen) atoms. The maximum atomic E-state index is 12.8. The van der Waals surface area contributed by atoms with E-state index in [9.17, 15) is 18.0 Å². The Morgan fingerprint density at radius 3 is 2.82 bits per heavy atom. The molecule has 1 aromatic carbocycles. The van der Waals surface area contributed by atoms with E-state index < -0.39 is 23.9 Å². The minimum absolute atomic E-state index is 0.158. The van der Waals surface area contributed by atoms with E-state index >= 15 is 0 Å². The number of hydrogen-bond donors (Lipinski definition) is 3. The predicted molar refractivity (Wildman–Crippen MR) is 121 cm³/mol. The minimum atomic E-state index is -4.33. The van der Waals surface area contributed by atoms with Crippen LogP contribution in [0.15, 0.2) is 49.1 Å². The first-order valence-electron chi connectivity index (χ1n) is 10.8. The fourth-order valence-corrected chi connectivity index (χ4v) is 4.01. The zero-order valence-corrected chi connectivity index (χ0v) is 18.4. The van der Waals surface area contributed by atoms with Gasteiger partial charge in [-0.25, -0.2) is 9.97 Å². The first-order chi connectivity index (χ1) is 16.2. The molecule has 4 aromatic rings. The van der Waals surface area contributed by atoms with E-state index in [4.69, 9.17) is 4.98 Å². The van der Waals surface area contributed by atoms with Gasteiger partial charge in [0.15, 0.2) is 5.65 Å². The summed E-state index contributed by atoms with van der Waals surface area (Å²) in [6.07, 6.45) is 2.62. The lowest BCUT2D eigenvalue weighted by atomic mass is 10.1. The smallest absolute Gasteiger partial charge is 0.362 e. The molecule has 0 aliphatic heterocycles. The van der Waals surface area contributed by atoms with Crippen molar-refractivity contribution in [1.29, 1.82) is 0 Å². The monoisotopic (exact) mass is 469 g/mol. The van der Waals surface area contributed by atoms with Gasteiger partial charge >= 0.3 is 6.18 Å². The Balaban J connectivity index is 1.30. The summed E-state index contributed by atoms with van der Waals surface area (Å²) < 4.78 is 40.0. The summed E-state index contributed by atoms with van der Waals surface area (Å²) in [5.74, 6) is -2.61. The summed E-state index contributed by atoms with van der Waals surface area (Å²) in [6, 6.07) is 6.81. The maximum Gasteiger partial charge on any atom is 0.392 e. The number of aromatic amines is 1. The summed E-state index contributed by atoms with van der Waals surface area (Å²) in [7, 11) is 1.84. The lowest BCUT2D eigenvalue weighted by Gasteiger charge is -2.16. The fraction of sp³-hybridized carbons (Fsp3) is 0.304. The van der Waals surface area contributed by atoms with Crippen LogP contribution in [0, 0.1) is 11.8 Å². The summed E-state index contributed by atoms with van der Waals surface area (Å²) in [5.41, 5.74) is 4.45. The van der Waals surface area contributed by atoms with E-state index in [1.807, 2.05) is 32.4 Å². The number of carbonyl (C=O) groups is 1. The molecular formula is C23H22F3N7O. The molecule has 1 saturated carbocycles. The Bertz CT molecular complexity index is 1360. The number of amides is 1. The topological polar surface area (TPSA) is 101 Å². The van der Waals surface area contributed by atoms with Gasteiger partial charge in [0, 0.05) is 36.3 Å². The second-order valence-electron chi connectivity index (χ2n) is 8.53. The second-order valence-corrected chi connectivity index (χ2v) is 8.53. The maximum absolute atomic E-state index is 12.8. The van der Waals surface area contributed by atoms with Crippen LogP contribution in [0.4, 0.5) is 24.7 Å². The first kappa shape index (κ1) is 21.9. The van der Waals surface area contributed by atoms with Crippen LogP contribution in [0.25, 0.3) is 22.3 Å². The third-order valence-corrected chi connectivity index (χ3v) is 5.96. The number of anilines is 2. The van der Waals surface area contributed by atoms with E-state index in [-0.39, 0.29) is 12.5 Å². The van der Waals surface area contributed by atoms with Crippen molar-refractivity contribution in [3.63, 3.8) is 0 Å². The highest BCUT2D eigenvalue weighted by molar-refractivity contribution is 5.94. The largest absolute Gasteiger partial charge is 0.392 e. The lowest BCUT2D eigenvalue weighted by Crippen LogP contribution is -2.20. The number of fused-ring (bicyclic) bond motifs is 1. The summed E-state index contributed by atoms with van der Waals surface area (Å²) >= 11 is 0. The normalized spacial score (nSPS) is 18.6. The molecule has 3 N–H and O–H groups in total. The molecule has 1 fully saturated rings. The van der Waals surface area contributed by atoms with Crippen molar-refractivity contribution in [3.8, 4) is 11.1 Å². The summed E-state index contributed by atoms with van der Waals surface area (Å²) in [6.45, 7) is 1.92. The van der Waals surface area contributed by atoms with E-state index in [0.717, 1.165) is 16.7 Å². The molecule has 1 aliphatic rings. The van der Waals surface area contributed by atoms with Crippen LogP contribution in [-0.4, -0.2) is 36.8 Å². The SMILES string of the molecule is C[C@H](Nc1cnc2[nH]cc(-c3cnn(C)c3)c2n1)c1cccc(NC(=O)[C@@H]2C[C@H]2C(F)(F)F)c1.